The molecule has 2 rings (SSSR count). The lowest BCUT2D eigenvalue weighted by Gasteiger charge is -2.02. The van der Waals surface area contributed by atoms with E-state index < -0.39 is 11.6 Å². The van der Waals surface area contributed by atoms with Crippen LogP contribution in [0, 0.1) is 18.6 Å². The van der Waals surface area contributed by atoms with E-state index in [2.05, 4.69) is 10.1 Å². The summed E-state index contributed by atoms with van der Waals surface area (Å²) < 4.78 is 27.5. The molecule has 0 fully saturated rings. The Labute approximate surface area is 79.0 Å². The lowest BCUT2D eigenvalue weighted by molar-refractivity contribution is 0.550. The van der Waals surface area contributed by atoms with Crippen LogP contribution in [0.15, 0.2) is 24.7 Å². The van der Waals surface area contributed by atoms with Crippen LogP contribution in [-0.2, 0) is 0 Å². The van der Waals surface area contributed by atoms with Crippen molar-refractivity contribution in [1.82, 2.24) is 14.8 Å². The predicted molar refractivity (Wildman–Crippen MR) is 46.0 cm³/mol. The molecule has 0 radical (unpaired) electrons. The normalized spacial score (nSPS) is 10.5. The largest absolute Gasteiger partial charge is 0.258 e. The highest BCUT2D eigenvalue weighted by atomic mass is 19.1. The fourth-order valence-corrected chi connectivity index (χ4v) is 1.16. The van der Waals surface area contributed by atoms with Crippen LogP contribution in [0.3, 0.4) is 0 Å². The summed E-state index contributed by atoms with van der Waals surface area (Å²) in [5.41, 5.74) is 0.494. The van der Waals surface area contributed by atoms with Crippen molar-refractivity contribution in [3.05, 3.63) is 42.0 Å². The van der Waals surface area contributed by atoms with Gasteiger partial charge in [0.05, 0.1) is 18.1 Å². The Morgan fingerprint density at radius 3 is 2.36 bits per heavy atom. The molecule has 72 valence electrons. The lowest BCUT2D eigenvalue weighted by Crippen LogP contribution is -2.03. The smallest absolute Gasteiger partial charge is 0.170 e. The summed E-state index contributed by atoms with van der Waals surface area (Å²) in [5.74, 6) is -1.46. The third-order valence-electron chi connectivity index (χ3n) is 1.78. The molecule has 0 unspecified atom stereocenters. The van der Waals surface area contributed by atoms with E-state index >= 15 is 0 Å². The molecule has 0 aliphatic rings. The monoisotopic (exact) mass is 195 g/mol. The van der Waals surface area contributed by atoms with Gasteiger partial charge in [-0.15, -0.1) is 0 Å². The van der Waals surface area contributed by atoms with Crippen molar-refractivity contribution in [3.8, 4) is 5.69 Å². The van der Waals surface area contributed by atoms with Gasteiger partial charge in [-0.1, -0.05) is 0 Å². The van der Waals surface area contributed by atoms with Crippen molar-refractivity contribution in [2.45, 2.75) is 6.92 Å². The van der Waals surface area contributed by atoms with Crippen molar-refractivity contribution in [3.63, 3.8) is 0 Å². The Balaban J connectivity index is 2.61. The number of hydrogen-bond donors (Lipinski definition) is 0. The van der Waals surface area contributed by atoms with Crippen molar-refractivity contribution in [1.29, 1.82) is 0 Å². The molecule has 0 bridgehead atoms. The minimum Gasteiger partial charge on any atom is -0.258 e. The predicted octanol–water partition coefficient (Wildman–Crippen LogP) is 1.85. The maximum Gasteiger partial charge on any atom is 0.170 e. The van der Waals surface area contributed by atoms with Crippen molar-refractivity contribution < 1.29 is 8.78 Å². The molecule has 0 N–H and O–H groups in total. The van der Waals surface area contributed by atoms with Gasteiger partial charge in [-0.05, 0) is 13.0 Å². The Morgan fingerprint density at radius 2 is 1.86 bits per heavy atom. The molecule has 5 heteroatoms. The second-order valence-electron chi connectivity index (χ2n) is 2.85. The van der Waals surface area contributed by atoms with E-state index in [1.165, 1.54) is 6.20 Å². The third kappa shape index (κ3) is 1.37. The van der Waals surface area contributed by atoms with Gasteiger partial charge in [-0.2, -0.15) is 5.10 Å². The molecular formula is C9H7F2N3. The number of pyridine rings is 1. The molecule has 0 saturated carbocycles. The SMILES string of the molecule is Cc1ccn(-c2c(F)cncc2F)n1. The molecule has 2 aromatic rings. The van der Waals surface area contributed by atoms with Gasteiger partial charge in [0.1, 0.15) is 5.69 Å². The summed E-state index contributed by atoms with van der Waals surface area (Å²) in [6.45, 7) is 1.74. The first-order valence-corrected chi connectivity index (χ1v) is 4.00. The first-order chi connectivity index (χ1) is 6.68. The van der Waals surface area contributed by atoms with Gasteiger partial charge < -0.3 is 0 Å². The molecule has 0 atom stereocenters. The minimum absolute atomic E-state index is 0.201. The van der Waals surface area contributed by atoms with E-state index in [4.69, 9.17) is 0 Å². The Hall–Kier alpha value is -1.78. The molecule has 0 saturated heterocycles. The van der Waals surface area contributed by atoms with Crippen LogP contribution < -0.4 is 0 Å². The maximum absolute atomic E-state index is 13.2. The van der Waals surface area contributed by atoms with Crippen molar-refractivity contribution in [2.24, 2.45) is 0 Å². The number of nitrogens with zero attached hydrogens (tertiary/aromatic N) is 3. The zero-order chi connectivity index (χ0) is 10.1. The summed E-state index contributed by atoms with van der Waals surface area (Å²) in [6, 6.07) is 1.67. The summed E-state index contributed by atoms with van der Waals surface area (Å²) in [7, 11) is 0. The highest BCUT2D eigenvalue weighted by Gasteiger charge is 2.11. The molecule has 3 nitrogen and oxygen atoms in total. The number of aromatic nitrogens is 3. The second kappa shape index (κ2) is 3.17. The number of hydrogen-bond acceptors (Lipinski definition) is 2. The van der Waals surface area contributed by atoms with E-state index in [0.29, 0.717) is 5.69 Å². The van der Waals surface area contributed by atoms with E-state index in [1.807, 2.05) is 0 Å². The zero-order valence-corrected chi connectivity index (χ0v) is 7.41. The van der Waals surface area contributed by atoms with Crippen LogP contribution in [0.1, 0.15) is 5.69 Å². The quantitative estimate of drug-likeness (QED) is 0.695. The third-order valence-corrected chi connectivity index (χ3v) is 1.78. The van der Waals surface area contributed by atoms with Gasteiger partial charge >= 0.3 is 0 Å². The molecule has 2 aromatic heterocycles. The summed E-state index contributed by atoms with van der Waals surface area (Å²) in [4.78, 5) is 3.39. The summed E-state index contributed by atoms with van der Waals surface area (Å²) in [6.07, 6.45) is 3.40. The molecule has 0 amide bonds. The number of aryl methyl sites for hydroxylation is 1. The first-order valence-electron chi connectivity index (χ1n) is 4.00. The van der Waals surface area contributed by atoms with Crippen LogP contribution >= 0.6 is 0 Å². The van der Waals surface area contributed by atoms with Crippen LogP contribution in [0.5, 0.6) is 0 Å². The standard InChI is InChI=1S/C9H7F2N3/c1-6-2-3-14(13-6)9-7(10)4-12-5-8(9)11/h2-5H,1H3. The minimum atomic E-state index is -0.729. The topological polar surface area (TPSA) is 30.7 Å². The Bertz CT molecular complexity index is 445. The fourth-order valence-electron chi connectivity index (χ4n) is 1.16. The van der Waals surface area contributed by atoms with E-state index in [-0.39, 0.29) is 5.69 Å². The zero-order valence-electron chi connectivity index (χ0n) is 7.41. The molecule has 2 heterocycles. The fraction of sp³-hybridized carbons (Fsp3) is 0.111. The van der Waals surface area contributed by atoms with Crippen LogP contribution in [0.2, 0.25) is 0 Å². The molecule has 0 aliphatic carbocycles. The number of rotatable bonds is 1. The highest BCUT2D eigenvalue weighted by Crippen LogP contribution is 2.15. The van der Waals surface area contributed by atoms with E-state index in [1.54, 1.807) is 13.0 Å². The lowest BCUT2D eigenvalue weighted by atomic mass is 10.4. The number of halogens is 2. The first kappa shape index (κ1) is 8.80. The average Bonchev–Trinajstić information content (AvgIpc) is 2.51. The van der Waals surface area contributed by atoms with Crippen molar-refractivity contribution >= 4 is 0 Å². The Kier molecular flexibility index (Phi) is 1.99. The van der Waals surface area contributed by atoms with Gasteiger partial charge in [0.2, 0.25) is 0 Å². The van der Waals surface area contributed by atoms with Gasteiger partial charge in [0.25, 0.3) is 0 Å². The van der Waals surface area contributed by atoms with Crippen LogP contribution in [0.4, 0.5) is 8.78 Å². The van der Waals surface area contributed by atoms with Gasteiger partial charge in [-0.3, -0.25) is 4.98 Å². The Morgan fingerprint density at radius 1 is 1.21 bits per heavy atom. The van der Waals surface area contributed by atoms with Gasteiger partial charge in [-0.25, -0.2) is 13.5 Å². The summed E-state index contributed by atoms with van der Waals surface area (Å²) >= 11 is 0. The molecule has 0 aliphatic heterocycles. The van der Waals surface area contributed by atoms with Gasteiger partial charge in [0.15, 0.2) is 11.6 Å². The van der Waals surface area contributed by atoms with E-state index in [0.717, 1.165) is 17.1 Å². The second-order valence-corrected chi connectivity index (χ2v) is 2.85. The summed E-state index contributed by atoms with van der Waals surface area (Å²) in [5, 5.41) is 3.91. The van der Waals surface area contributed by atoms with Crippen LogP contribution in [-0.4, -0.2) is 14.8 Å². The highest BCUT2D eigenvalue weighted by molar-refractivity contribution is 5.31. The van der Waals surface area contributed by atoms with Crippen molar-refractivity contribution in [2.75, 3.05) is 0 Å². The molecule has 14 heavy (non-hydrogen) atoms. The van der Waals surface area contributed by atoms with Gasteiger partial charge in [0, 0.05) is 6.20 Å². The van der Waals surface area contributed by atoms with E-state index in [9.17, 15) is 8.78 Å². The van der Waals surface area contributed by atoms with Crippen LogP contribution in [0.25, 0.3) is 5.69 Å². The average molecular weight is 195 g/mol. The maximum atomic E-state index is 13.2. The molecular weight excluding hydrogens is 188 g/mol. The molecule has 0 spiro atoms. The molecule has 0 aromatic carbocycles.